The molecule has 2 aliphatic rings. The van der Waals surface area contributed by atoms with Crippen molar-refractivity contribution in [2.24, 2.45) is 5.92 Å². The largest absolute Gasteiger partial charge is 0.445 e. The zero-order chi connectivity index (χ0) is 41.5. The Labute approximate surface area is 345 Å². The van der Waals surface area contributed by atoms with Gasteiger partial charge < -0.3 is 29.7 Å². The number of likely N-dealkylation sites (tertiary alicyclic amines) is 1. The minimum absolute atomic E-state index is 0.0446. The van der Waals surface area contributed by atoms with Crippen molar-refractivity contribution < 1.29 is 38.8 Å². The fourth-order valence-electron chi connectivity index (χ4n) is 7.75. The van der Waals surface area contributed by atoms with Crippen LogP contribution in [0.4, 0.5) is 4.79 Å². The lowest BCUT2D eigenvalue weighted by Gasteiger charge is -2.43. The second kappa shape index (κ2) is 18.9. The summed E-state index contributed by atoms with van der Waals surface area (Å²) < 4.78 is 18.7. The van der Waals surface area contributed by atoms with Crippen LogP contribution in [0.2, 0.25) is 0 Å². The van der Waals surface area contributed by atoms with Gasteiger partial charge in [-0.15, -0.1) is 0 Å². The number of rotatable bonds is 14. The quantitative estimate of drug-likeness (QED) is 0.0993. The van der Waals surface area contributed by atoms with E-state index < -0.39 is 30.4 Å². The third-order valence-electron chi connectivity index (χ3n) is 11.5. The topological polar surface area (TPSA) is 138 Å². The molecule has 2 aliphatic heterocycles. The summed E-state index contributed by atoms with van der Waals surface area (Å²) >= 11 is 0. The lowest BCUT2D eigenvalue weighted by Crippen LogP contribution is -2.46. The Morgan fingerprint density at radius 2 is 1.49 bits per heavy atom. The number of aliphatic hydroxyl groups is 2. The first-order valence-corrected chi connectivity index (χ1v) is 20.0. The predicted molar refractivity (Wildman–Crippen MR) is 222 cm³/mol. The molecule has 3 amide bonds. The van der Waals surface area contributed by atoms with E-state index in [0.29, 0.717) is 6.54 Å². The molecule has 5 aromatic rings. The maximum atomic E-state index is 13.4. The highest BCUT2D eigenvalue weighted by Crippen LogP contribution is 2.42. The van der Waals surface area contributed by atoms with Crippen molar-refractivity contribution >= 4 is 17.9 Å². The molecular formula is C48H51N3O8. The molecule has 7 unspecified atom stereocenters. The van der Waals surface area contributed by atoms with Gasteiger partial charge in [-0.25, -0.2) is 4.79 Å². The van der Waals surface area contributed by atoms with Crippen LogP contribution in [0.1, 0.15) is 72.1 Å². The van der Waals surface area contributed by atoms with E-state index in [9.17, 15) is 24.6 Å². The molecule has 0 spiro atoms. The lowest BCUT2D eigenvalue weighted by atomic mass is 9.89. The summed E-state index contributed by atoms with van der Waals surface area (Å²) in [5.74, 6) is -0.909. The molecule has 2 saturated heterocycles. The molecule has 59 heavy (non-hydrogen) atoms. The number of alkyl carbamates (subject to hydrolysis) is 1. The number of benzene rings is 5. The average molecular weight is 798 g/mol. The minimum Gasteiger partial charge on any atom is -0.445 e. The first-order chi connectivity index (χ1) is 28.6. The van der Waals surface area contributed by atoms with Gasteiger partial charge in [0.15, 0.2) is 6.29 Å². The number of hydrogen-bond acceptors (Lipinski definition) is 9. The molecule has 0 aliphatic carbocycles. The SMILES string of the molecule is CC1C(CN(C)C(C)C(O)c2ccccc2)OC(c2ccc(-c3ccccc3CN3C(=O)CC(NC(=O)OCc4ccccc4)C3=O)cc2)OC1c1ccc(CO)cc1. The zero-order valence-corrected chi connectivity index (χ0v) is 33.5. The molecule has 0 aromatic heterocycles. The lowest BCUT2D eigenvalue weighted by molar-refractivity contribution is -0.276. The number of hydrogen-bond donors (Lipinski definition) is 3. The Bertz CT molecular complexity index is 2180. The molecule has 0 radical (unpaired) electrons. The molecule has 7 rings (SSSR count). The van der Waals surface area contributed by atoms with Crippen molar-refractivity contribution in [2.75, 3.05) is 13.6 Å². The molecule has 5 aromatic carbocycles. The summed E-state index contributed by atoms with van der Waals surface area (Å²) in [5, 5.41) is 23.5. The number of nitrogens with zero attached hydrogens (tertiary/aromatic N) is 2. The minimum atomic E-state index is -1.01. The summed E-state index contributed by atoms with van der Waals surface area (Å²) in [6.45, 7) is 4.71. The molecule has 11 heteroatoms. The monoisotopic (exact) mass is 797 g/mol. The normalized spacial score (nSPS) is 21.7. The van der Waals surface area contributed by atoms with Crippen LogP contribution in [0.25, 0.3) is 11.1 Å². The van der Waals surface area contributed by atoms with Crippen molar-refractivity contribution in [3.8, 4) is 11.1 Å². The van der Waals surface area contributed by atoms with Gasteiger partial charge in [-0.1, -0.05) is 140 Å². The van der Waals surface area contributed by atoms with E-state index in [2.05, 4.69) is 17.1 Å². The fraction of sp³-hybridized carbons (Fsp3) is 0.312. The fourth-order valence-corrected chi connectivity index (χ4v) is 7.75. The van der Waals surface area contributed by atoms with Gasteiger partial charge in [-0.2, -0.15) is 0 Å². The molecule has 2 heterocycles. The zero-order valence-electron chi connectivity index (χ0n) is 33.5. The number of ether oxygens (including phenoxy) is 3. The number of likely N-dealkylation sites (N-methyl/N-ethyl adjacent to an activating group) is 1. The number of aliphatic hydroxyl groups excluding tert-OH is 2. The molecule has 306 valence electrons. The summed E-state index contributed by atoms with van der Waals surface area (Å²) in [7, 11) is 2.00. The van der Waals surface area contributed by atoms with Gasteiger partial charge in [0.25, 0.3) is 5.91 Å². The first-order valence-electron chi connectivity index (χ1n) is 20.0. The number of carbonyl (C=O) groups is 3. The van der Waals surface area contributed by atoms with Gasteiger partial charge in [-0.3, -0.25) is 19.4 Å². The predicted octanol–water partition coefficient (Wildman–Crippen LogP) is 7.25. The van der Waals surface area contributed by atoms with Crippen LogP contribution in [0, 0.1) is 5.92 Å². The van der Waals surface area contributed by atoms with Crippen LogP contribution >= 0.6 is 0 Å². The van der Waals surface area contributed by atoms with Crippen LogP contribution in [-0.4, -0.2) is 69.7 Å². The molecule has 11 nitrogen and oxygen atoms in total. The highest BCUT2D eigenvalue weighted by atomic mass is 16.7. The van der Waals surface area contributed by atoms with E-state index in [1.807, 2.05) is 147 Å². The Kier molecular flexibility index (Phi) is 13.3. The summed E-state index contributed by atoms with van der Waals surface area (Å²) in [4.78, 5) is 42.3. The van der Waals surface area contributed by atoms with E-state index in [4.69, 9.17) is 14.2 Å². The summed E-state index contributed by atoms with van der Waals surface area (Å²) in [6, 6.07) is 40.9. The van der Waals surface area contributed by atoms with Crippen molar-refractivity contribution in [1.29, 1.82) is 0 Å². The summed E-state index contributed by atoms with van der Waals surface area (Å²) in [6.07, 6.45) is -2.86. The van der Waals surface area contributed by atoms with Crippen LogP contribution in [0.15, 0.2) is 133 Å². The highest BCUT2D eigenvalue weighted by molar-refractivity contribution is 6.06. The number of amides is 3. The van der Waals surface area contributed by atoms with Crippen molar-refractivity contribution in [1.82, 2.24) is 15.1 Å². The van der Waals surface area contributed by atoms with Crippen LogP contribution in [0.5, 0.6) is 0 Å². The van der Waals surface area contributed by atoms with Crippen LogP contribution in [0.3, 0.4) is 0 Å². The van der Waals surface area contributed by atoms with Crippen molar-refractivity contribution in [3.63, 3.8) is 0 Å². The smallest absolute Gasteiger partial charge is 0.408 e. The van der Waals surface area contributed by atoms with Crippen molar-refractivity contribution in [2.45, 2.75) is 76.7 Å². The number of imide groups is 1. The Balaban J connectivity index is 1.05. The van der Waals surface area contributed by atoms with E-state index in [-0.39, 0.29) is 56.3 Å². The van der Waals surface area contributed by atoms with Gasteiger partial charge >= 0.3 is 6.09 Å². The molecule has 0 saturated carbocycles. The molecule has 2 fully saturated rings. The maximum Gasteiger partial charge on any atom is 0.408 e. The standard InChI is InChI=1S/C48H51N3O8/c1-31-42(28-50(3)32(2)44(54)36-14-8-5-9-15-36)58-47(59-45(31)37-20-18-33(29-52)19-21-37)38-24-22-35(23-25-38)40-17-11-10-16-39(40)27-51-43(53)26-41(46(51)55)49-48(56)57-30-34-12-6-4-7-13-34/h4-25,31-32,41-42,44-45,47,52,54H,26-30H2,1-3H3,(H,49,56). The highest BCUT2D eigenvalue weighted by Gasteiger charge is 2.41. The van der Waals surface area contributed by atoms with Gasteiger partial charge in [0.2, 0.25) is 5.91 Å². The Morgan fingerprint density at radius 3 is 2.19 bits per heavy atom. The third kappa shape index (κ3) is 9.79. The van der Waals surface area contributed by atoms with Crippen LogP contribution in [-0.2, 0) is 43.6 Å². The molecule has 0 bridgehead atoms. The van der Waals surface area contributed by atoms with E-state index in [0.717, 1.165) is 44.5 Å². The molecule has 3 N–H and O–H groups in total. The second-order valence-electron chi connectivity index (χ2n) is 15.4. The van der Waals surface area contributed by atoms with E-state index in [1.165, 1.54) is 4.90 Å². The van der Waals surface area contributed by atoms with E-state index >= 15 is 0 Å². The first kappa shape index (κ1) is 41.5. The van der Waals surface area contributed by atoms with Gasteiger partial charge in [-0.05, 0) is 52.9 Å². The number of nitrogens with one attached hydrogen (secondary N) is 1. The second-order valence-corrected chi connectivity index (χ2v) is 15.4. The van der Waals surface area contributed by atoms with E-state index in [1.54, 1.807) is 0 Å². The van der Waals surface area contributed by atoms with Crippen LogP contribution < -0.4 is 5.32 Å². The summed E-state index contributed by atoms with van der Waals surface area (Å²) in [5.41, 5.74) is 6.77. The average Bonchev–Trinajstić information content (AvgIpc) is 3.53. The maximum absolute atomic E-state index is 13.4. The van der Waals surface area contributed by atoms with Gasteiger partial charge in [0, 0.05) is 24.1 Å². The van der Waals surface area contributed by atoms with Crippen molar-refractivity contribution in [3.05, 3.63) is 167 Å². The Morgan fingerprint density at radius 1 is 0.847 bits per heavy atom. The Hall–Kier alpha value is -5.69. The third-order valence-corrected chi connectivity index (χ3v) is 11.5. The molecule has 7 atom stereocenters. The van der Waals surface area contributed by atoms with Gasteiger partial charge in [0.05, 0.1) is 37.9 Å². The number of carbonyl (C=O) groups excluding carboxylic acids is 3. The molecular weight excluding hydrogens is 747 g/mol. The van der Waals surface area contributed by atoms with Gasteiger partial charge in [0.1, 0.15) is 12.6 Å².